The summed E-state index contributed by atoms with van der Waals surface area (Å²) in [5, 5.41) is 0. The average Bonchev–Trinajstić information content (AvgIpc) is 2.78. The van der Waals surface area contributed by atoms with Crippen molar-refractivity contribution in [2.75, 3.05) is 19.7 Å². The van der Waals surface area contributed by atoms with E-state index in [4.69, 9.17) is 10.5 Å². The third kappa shape index (κ3) is 4.62. The molecule has 2 heterocycles. The molecule has 112 valence electrons. The van der Waals surface area contributed by atoms with Crippen LogP contribution in [0.4, 0.5) is 0 Å². The van der Waals surface area contributed by atoms with Gasteiger partial charge in [-0.1, -0.05) is 0 Å². The molecule has 5 heteroatoms. The van der Waals surface area contributed by atoms with Crippen molar-refractivity contribution in [1.82, 2.24) is 4.90 Å². The maximum atomic E-state index is 12.2. The van der Waals surface area contributed by atoms with E-state index >= 15 is 0 Å². The molecule has 3 unspecified atom stereocenters. The molecule has 0 radical (unpaired) electrons. The summed E-state index contributed by atoms with van der Waals surface area (Å²) < 4.78 is 5.67. The first kappa shape index (κ1) is 16.7. The molecule has 0 spiro atoms. The number of carbonyl (C=O) groups excluding carboxylic acids is 1. The van der Waals surface area contributed by atoms with Gasteiger partial charge in [0.25, 0.3) is 0 Å². The summed E-state index contributed by atoms with van der Waals surface area (Å²) in [5.74, 6) is 0.780. The Morgan fingerprint density at radius 2 is 2.21 bits per heavy atom. The lowest BCUT2D eigenvalue weighted by molar-refractivity contribution is -0.132. The first-order valence-corrected chi connectivity index (χ1v) is 7.32. The van der Waals surface area contributed by atoms with E-state index in [-0.39, 0.29) is 18.3 Å². The molecule has 0 aromatic carbocycles. The van der Waals surface area contributed by atoms with E-state index < -0.39 is 0 Å². The van der Waals surface area contributed by atoms with Crippen molar-refractivity contribution >= 4 is 18.3 Å². The molecule has 0 aromatic rings. The van der Waals surface area contributed by atoms with Gasteiger partial charge in [0.2, 0.25) is 5.91 Å². The molecule has 2 aliphatic rings. The van der Waals surface area contributed by atoms with Crippen LogP contribution in [0.15, 0.2) is 0 Å². The third-order valence-electron chi connectivity index (χ3n) is 4.27. The number of hydrogen-bond donors (Lipinski definition) is 1. The molecule has 2 aliphatic heterocycles. The van der Waals surface area contributed by atoms with Gasteiger partial charge in [0.05, 0.1) is 6.10 Å². The molecule has 2 fully saturated rings. The maximum absolute atomic E-state index is 12.2. The number of ether oxygens (including phenoxy) is 1. The monoisotopic (exact) mass is 290 g/mol. The number of carbonyl (C=O) groups is 1. The van der Waals surface area contributed by atoms with Crippen molar-refractivity contribution in [2.24, 2.45) is 11.7 Å². The fourth-order valence-corrected chi connectivity index (χ4v) is 3.12. The quantitative estimate of drug-likeness (QED) is 0.861. The van der Waals surface area contributed by atoms with Crippen molar-refractivity contribution in [3.8, 4) is 0 Å². The Morgan fingerprint density at radius 3 is 2.79 bits per heavy atom. The molecule has 3 atom stereocenters. The molecule has 4 nitrogen and oxygen atoms in total. The first-order chi connectivity index (χ1) is 8.70. The second-order valence-electron chi connectivity index (χ2n) is 5.76. The maximum Gasteiger partial charge on any atom is 0.222 e. The Labute approximate surface area is 122 Å². The molecule has 0 aliphatic carbocycles. The molecule has 0 aromatic heterocycles. The minimum Gasteiger partial charge on any atom is -0.378 e. The van der Waals surface area contributed by atoms with Crippen LogP contribution in [0, 0.1) is 5.92 Å². The largest absolute Gasteiger partial charge is 0.378 e. The highest BCUT2D eigenvalue weighted by atomic mass is 35.5. The van der Waals surface area contributed by atoms with Gasteiger partial charge in [0.1, 0.15) is 0 Å². The normalized spacial score (nSPS) is 31.1. The van der Waals surface area contributed by atoms with Gasteiger partial charge in [-0.25, -0.2) is 0 Å². The zero-order valence-corrected chi connectivity index (χ0v) is 12.7. The van der Waals surface area contributed by atoms with Crippen LogP contribution in [0.25, 0.3) is 0 Å². The van der Waals surface area contributed by atoms with Gasteiger partial charge in [-0.3, -0.25) is 4.79 Å². The van der Waals surface area contributed by atoms with Crippen LogP contribution in [0.3, 0.4) is 0 Å². The predicted molar refractivity (Wildman–Crippen MR) is 78.4 cm³/mol. The number of rotatable bonds is 4. The minimum atomic E-state index is 0. The van der Waals surface area contributed by atoms with Crippen LogP contribution in [0.2, 0.25) is 0 Å². The third-order valence-corrected chi connectivity index (χ3v) is 4.27. The predicted octanol–water partition coefficient (Wildman–Crippen LogP) is 1.95. The molecule has 2 saturated heterocycles. The number of nitrogens with two attached hydrogens (primary N) is 1. The lowest BCUT2D eigenvalue weighted by atomic mass is 10.0. The fraction of sp³-hybridized carbons (Fsp3) is 0.929. The fourth-order valence-electron chi connectivity index (χ4n) is 3.12. The van der Waals surface area contributed by atoms with Gasteiger partial charge >= 0.3 is 0 Å². The summed E-state index contributed by atoms with van der Waals surface area (Å²) in [5.41, 5.74) is 5.69. The Morgan fingerprint density at radius 1 is 1.42 bits per heavy atom. The van der Waals surface area contributed by atoms with E-state index in [2.05, 4.69) is 6.92 Å². The Balaban J connectivity index is 0.00000180. The molecular weight excluding hydrogens is 264 g/mol. The van der Waals surface area contributed by atoms with E-state index in [1.165, 1.54) is 12.8 Å². The van der Waals surface area contributed by atoms with Gasteiger partial charge in [-0.15, -0.1) is 12.4 Å². The SMILES string of the molecule is CC1CC(CN)CN1C(=O)CCC1CCCCO1.Cl. The van der Waals surface area contributed by atoms with Crippen molar-refractivity contribution in [3.63, 3.8) is 0 Å². The smallest absolute Gasteiger partial charge is 0.222 e. The molecule has 2 N–H and O–H groups in total. The van der Waals surface area contributed by atoms with Crippen LogP contribution < -0.4 is 5.73 Å². The minimum absolute atomic E-state index is 0. The summed E-state index contributed by atoms with van der Waals surface area (Å²) in [6.07, 6.45) is 6.42. The Kier molecular flexibility index (Phi) is 7.11. The Bertz CT molecular complexity index is 283. The second-order valence-corrected chi connectivity index (χ2v) is 5.76. The van der Waals surface area contributed by atoms with Crippen molar-refractivity contribution in [1.29, 1.82) is 0 Å². The van der Waals surface area contributed by atoms with E-state index in [9.17, 15) is 4.79 Å². The van der Waals surface area contributed by atoms with Crippen LogP contribution in [-0.2, 0) is 9.53 Å². The molecule has 0 saturated carbocycles. The summed E-state index contributed by atoms with van der Waals surface area (Å²) in [6.45, 7) is 4.54. The zero-order chi connectivity index (χ0) is 13.0. The molecule has 2 rings (SSSR count). The van der Waals surface area contributed by atoms with Crippen molar-refractivity contribution in [3.05, 3.63) is 0 Å². The first-order valence-electron chi connectivity index (χ1n) is 7.32. The van der Waals surface area contributed by atoms with Crippen LogP contribution in [-0.4, -0.2) is 42.6 Å². The lowest BCUT2D eigenvalue weighted by Crippen LogP contribution is -2.35. The highest BCUT2D eigenvalue weighted by molar-refractivity contribution is 5.85. The number of nitrogens with zero attached hydrogens (tertiary/aromatic N) is 1. The number of amides is 1. The molecule has 0 bridgehead atoms. The Hall–Kier alpha value is -0.320. The number of hydrogen-bond acceptors (Lipinski definition) is 3. The van der Waals surface area contributed by atoms with Crippen LogP contribution in [0.5, 0.6) is 0 Å². The van der Waals surface area contributed by atoms with E-state index in [0.717, 1.165) is 32.4 Å². The highest BCUT2D eigenvalue weighted by Gasteiger charge is 2.31. The standard InChI is InChI=1S/C14H26N2O2.ClH/c1-11-8-12(9-15)10-16(11)14(17)6-5-13-4-2-3-7-18-13;/h11-13H,2-10,15H2,1H3;1H. The van der Waals surface area contributed by atoms with Crippen molar-refractivity contribution < 1.29 is 9.53 Å². The molecule has 1 amide bonds. The van der Waals surface area contributed by atoms with E-state index in [1.54, 1.807) is 0 Å². The van der Waals surface area contributed by atoms with Gasteiger partial charge in [0.15, 0.2) is 0 Å². The second kappa shape index (κ2) is 8.08. The van der Waals surface area contributed by atoms with Crippen LogP contribution in [0.1, 0.15) is 45.4 Å². The summed E-state index contributed by atoms with van der Waals surface area (Å²) in [4.78, 5) is 14.2. The molecular formula is C14H27ClN2O2. The van der Waals surface area contributed by atoms with E-state index in [0.29, 0.717) is 31.0 Å². The summed E-state index contributed by atoms with van der Waals surface area (Å²) in [6, 6.07) is 0.360. The summed E-state index contributed by atoms with van der Waals surface area (Å²) >= 11 is 0. The molecule has 19 heavy (non-hydrogen) atoms. The lowest BCUT2D eigenvalue weighted by Gasteiger charge is -2.25. The van der Waals surface area contributed by atoms with Gasteiger partial charge < -0.3 is 15.4 Å². The van der Waals surface area contributed by atoms with E-state index in [1.807, 2.05) is 4.90 Å². The van der Waals surface area contributed by atoms with Crippen LogP contribution >= 0.6 is 12.4 Å². The topological polar surface area (TPSA) is 55.6 Å². The summed E-state index contributed by atoms with van der Waals surface area (Å²) in [7, 11) is 0. The van der Waals surface area contributed by atoms with Gasteiger partial charge in [-0.05, 0) is 51.5 Å². The number of likely N-dealkylation sites (tertiary alicyclic amines) is 1. The number of halogens is 1. The zero-order valence-electron chi connectivity index (χ0n) is 11.8. The van der Waals surface area contributed by atoms with Gasteiger partial charge in [-0.2, -0.15) is 0 Å². The highest BCUT2D eigenvalue weighted by Crippen LogP contribution is 2.24. The average molecular weight is 291 g/mol. The van der Waals surface area contributed by atoms with Crippen molar-refractivity contribution in [2.45, 2.75) is 57.6 Å². The van der Waals surface area contributed by atoms with Gasteiger partial charge in [0, 0.05) is 25.6 Å².